The first kappa shape index (κ1) is 11.8. The van der Waals surface area contributed by atoms with Crippen LogP contribution in [0.3, 0.4) is 0 Å². The van der Waals surface area contributed by atoms with Crippen molar-refractivity contribution < 1.29 is 4.79 Å². The van der Waals surface area contributed by atoms with E-state index >= 15 is 0 Å². The van der Waals surface area contributed by atoms with Gasteiger partial charge in [0, 0.05) is 20.1 Å². The number of carbonyl (C=O) groups is 1. The van der Waals surface area contributed by atoms with Crippen LogP contribution in [0, 0.1) is 0 Å². The predicted molar refractivity (Wildman–Crippen MR) is 54.6 cm³/mol. The van der Waals surface area contributed by atoms with Crippen LogP contribution in [0.15, 0.2) is 0 Å². The number of nitrogens with zero attached hydrogens (tertiary/aromatic N) is 2. The first-order chi connectivity index (χ1) is 5.45. The Labute approximate surface area is 80.1 Å². The van der Waals surface area contributed by atoms with Gasteiger partial charge in [-0.15, -0.1) is 0 Å². The average Bonchev–Trinajstić information content (AvgIpc) is 1.98. The second kappa shape index (κ2) is 5.43. The summed E-state index contributed by atoms with van der Waals surface area (Å²) in [6, 6.07) is 0. The molecule has 4 heteroatoms. The van der Waals surface area contributed by atoms with E-state index in [9.17, 15) is 4.79 Å². The minimum absolute atomic E-state index is 0.0835. The number of likely N-dealkylation sites (N-methyl/N-ethyl adjacent to an activating group) is 2. The second-order valence-electron chi connectivity index (χ2n) is 3.24. The number of hydrogen-bond donors (Lipinski definition) is 1. The Balaban J connectivity index is 3.72. The predicted octanol–water partition coefficient (Wildman–Crippen LogP) is 0.325. The number of thiol groups is 1. The fourth-order valence-corrected chi connectivity index (χ4v) is 0.976. The number of rotatable bonds is 4. The van der Waals surface area contributed by atoms with Gasteiger partial charge in [0.05, 0.1) is 5.25 Å². The summed E-state index contributed by atoms with van der Waals surface area (Å²) in [5.74, 6) is 0.0835. The summed E-state index contributed by atoms with van der Waals surface area (Å²) in [6.45, 7) is 3.44. The van der Waals surface area contributed by atoms with Gasteiger partial charge in [-0.05, 0) is 21.0 Å². The average molecular weight is 190 g/mol. The van der Waals surface area contributed by atoms with Crippen molar-refractivity contribution in [2.45, 2.75) is 12.2 Å². The molecule has 0 radical (unpaired) electrons. The topological polar surface area (TPSA) is 23.6 Å². The van der Waals surface area contributed by atoms with E-state index in [1.165, 1.54) is 0 Å². The monoisotopic (exact) mass is 190 g/mol. The van der Waals surface area contributed by atoms with Gasteiger partial charge in [0.2, 0.25) is 5.91 Å². The maximum Gasteiger partial charge on any atom is 0.234 e. The van der Waals surface area contributed by atoms with Crippen molar-refractivity contribution in [1.29, 1.82) is 0 Å². The summed E-state index contributed by atoms with van der Waals surface area (Å²) in [7, 11) is 5.78. The molecule has 0 aromatic carbocycles. The van der Waals surface area contributed by atoms with Gasteiger partial charge in [0.15, 0.2) is 0 Å². The van der Waals surface area contributed by atoms with E-state index in [0.717, 1.165) is 13.1 Å². The third-order valence-electron chi connectivity index (χ3n) is 1.62. The third kappa shape index (κ3) is 4.62. The summed E-state index contributed by atoms with van der Waals surface area (Å²) < 4.78 is 0. The second-order valence-corrected chi connectivity index (χ2v) is 4.01. The lowest BCUT2D eigenvalue weighted by atomic mass is 10.4. The van der Waals surface area contributed by atoms with Crippen molar-refractivity contribution in [2.24, 2.45) is 0 Å². The zero-order valence-corrected chi connectivity index (χ0v) is 9.14. The van der Waals surface area contributed by atoms with E-state index in [1.807, 2.05) is 19.0 Å². The van der Waals surface area contributed by atoms with Crippen LogP contribution in [-0.2, 0) is 4.79 Å². The smallest absolute Gasteiger partial charge is 0.234 e. The molecule has 0 heterocycles. The molecule has 12 heavy (non-hydrogen) atoms. The van der Waals surface area contributed by atoms with Crippen LogP contribution in [0.2, 0.25) is 0 Å². The quantitative estimate of drug-likeness (QED) is 0.646. The van der Waals surface area contributed by atoms with E-state index < -0.39 is 0 Å². The van der Waals surface area contributed by atoms with Gasteiger partial charge in [-0.25, -0.2) is 0 Å². The third-order valence-corrected chi connectivity index (χ3v) is 1.84. The fraction of sp³-hybridized carbons (Fsp3) is 0.875. The maximum absolute atomic E-state index is 11.3. The Morgan fingerprint density at radius 2 is 1.83 bits per heavy atom. The fourth-order valence-electron chi connectivity index (χ4n) is 0.779. The lowest BCUT2D eigenvalue weighted by Crippen LogP contribution is -2.37. The van der Waals surface area contributed by atoms with Crippen LogP contribution in [0.1, 0.15) is 6.92 Å². The van der Waals surface area contributed by atoms with Crippen LogP contribution in [0.25, 0.3) is 0 Å². The molecule has 0 aliphatic carbocycles. The van der Waals surface area contributed by atoms with Gasteiger partial charge in [0.1, 0.15) is 0 Å². The minimum Gasteiger partial charge on any atom is -0.344 e. The van der Waals surface area contributed by atoms with E-state index in [1.54, 1.807) is 18.9 Å². The van der Waals surface area contributed by atoms with Crippen LogP contribution in [0.4, 0.5) is 0 Å². The Morgan fingerprint density at radius 1 is 1.33 bits per heavy atom. The molecule has 0 aromatic heterocycles. The Bertz CT molecular complexity index is 148. The highest BCUT2D eigenvalue weighted by atomic mass is 32.1. The van der Waals surface area contributed by atoms with Crippen molar-refractivity contribution in [3.05, 3.63) is 0 Å². The molecule has 1 unspecified atom stereocenters. The minimum atomic E-state index is -0.197. The Kier molecular flexibility index (Phi) is 5.33. The molecule has 1 amide bonds. The lowest BCUT2D eigenvalue weighted by Gasteiger charge is -2.20. The van der Waals surface area contributed by atoms with Crippen molar-refractivity contribution in [1.82, 2.24) is 9.80 Å². The highest BCUT2D eigenvalue weighted by molar-refractivity contribution is 7.81. The molecule has 72 valence electrons. The first-order valence-corrected chi connectivity index (χ1v) is 4.54. The van der Waals surface area contributed by atoms with Gasteiger partial charge in [-0.3, -0.25) is 4.79 Å². The molecule has 0 rings (SSSR count). The molecular formula is C8H18N2OS. The zero-order valence-electron chi connectivity index (χ0n) is 8.24. The van der Waals surface area contributed by atoms with Gasteiger partial charge < -0.3 is 9.80 Å². The van der Waals surface area contributed by atoms with Gasteiger partial charge >= 0.3 is 0 Å². The van der Waals surface area contributed by atoms with Crippen LogP contribution in [0.5, 0.6) is 0 Å². The van der Waals surface area contributed by atoms with Crippen molar-refractivity contribution in [2.75, 3.05) is 34.2 Å². The maximum atomic E-state index is 11.3. The van der Waals surface area contributed by atoms with Crippen molar-refractivity contribution in [3.8, 4) is 0 Å². The SMILES string of the molecule is CC(S)C(=O)N(C)CCN(C)C. The molecule has 0 aliphatic rings. The van der Waals surface area contributed by atoms with Gasteiger partial charge in [0.25, 0.3) is 0 Å². The van der Waals surface area contributed by atoms with Crippen LogP contribution < -0.4 is 0 Å². The highest BCUT2D eigenvalue weighted by Crippen LogP contribution is 1.98. The van der Waals surface area contributed by atoms with Gasteiger partial charge in [-0.1, -0.05) is 0 Å². The molecule has 0 fully saturated rings. The molecule has 0 spiro atoms. The van der Waals surface area contributed by atoms with Crippen molar-refractivity contribution in [3.63, 3.8) is 0 Å². The summed E-state index contributed by atoms with van der Waals surface area (Å²) in [4.78, 5) is 15.0. The van der Waals surface area contributed by atoms with Crippen LogP contribution >= 0.6 is 12.6 Å². The van der Waals surface area contributed by atoms with E-state index in [0.29, 0.717) is 0 Å². The van der Waals surface area contributed by atoms with Crippen LogP contribution in [-0.4, -0.2) is 55.2 Å². The zero-order chi connectivity index (χ0) is 9.72. The summed E-state index contributed by atoms with van der Waals surface area (Å²) in [6.07, 6.45) is 0. The van der Waals surface area contributed by atoms with Gasteiger partial charge in [-0.2, -0.15) is 12.6 Å². The molecule has 0 bridgehead atoms. The normalized spacial score (nSPS) is 13.2. The largest absolute Gasteiger partial charge is 0.344 e. The molecule has 0 aliphatic heterocycles. The molecule has 0 N–H and O–H groups in total. The number of hydrogen-bond acceptors (Lipinski definition) is 3. The Hall–Kier alpha value is -0.220. The molecule has 3 nitrogen and oxygen atoms in total. The number of amides is 1. The van der Waals surface area contributed by atoms with E-state index in [2.05, 4.69) is 12.6 Å². The highest BCUT2D eigenvalue weighted by Gasteiger charge is 2.12. The number of carbonyl (C=O) groups excluding carboxylic acids is 1. The lowest BCUT2D eigenvalue weighted by molar-refractivity contribution is -0.129. The first-order valence-electron chi connectivity index (χ1n) is 4.03. The molecule has 0 saturated heterocycles. The van der Waals surface area contributed by atoms with E-state index in [4.69, 9.17) is 0 Å². The molecule has 1 atom stereocenters. The van der Waals surface area contributed by atoms with E-state index in [-0.39, 0.29) is 11.2 Å². The van der Waals surface area contributed by atoms with Crippen molar-refractivity contribution >= 4 is 18.5 Å². The standard InChI is InChI=1S/C8H18N2OS/c1-7(12)8(11)10(4)6-5-9(2)3/h7,12H,5-6H2,1-4H3. The summed E-state index contributed by atoms with van der Waals surface area (Å²) >= 11 is 4.07. The molecule has 0 aromatic rings. The molecular weight excluding hydrogens is 172 g/mol. The summed E-state index contributed by atoms with van der Waals surface area (Å²) in [5, 5.41) is -0.197. The Morgan fingerprint density at radius 3 is 2.17 bits per heavy atom. The molecule has 0 saturated carbocycles. The summed E-state index contributed by atoms with van der Waals surface area (Å²) in [5.41, 5.74) is 0.